The minimum absolute atomic E-state index is 0.667. The zero-order valence-corrected chi connectivity index (χ0v) is 12.1. The third-order valence-electron chi connectivity index (χ3n) is 2.60. The van der Waals surface area contributed by atoms with E-state index < -0.39 is 0 Å². The fraction of sp³-hybridized carbons (Fsp3) is 0. The van der Waals surface area contributed by atoms with E-state index >= 15 is 0 Å². The minimum Gasteiger partial charge on any atom is -0.398 e. The molecule has 0 spiro atoms. The summed E-state index contributed by atoms with van der Waals surface area (Å²) in [6.07, 6.45) is 1.80. The third-order valence-corrected chi connectivity index (χ3v) is 4.18. The molecule has 0 bridgehead atoms. The van der Waals surface area contributed by atoms with Crippen molar-refractivity contribution in [1.29, 1.82) is 0 Å². The molecule has 3 aromatic rings. The predicted molar refractivity (Wildman–Crippen MR) is 80.6 cm³/mol. The number of nitrogens with zero attached hydrogens (tertiary/aromatic N) is 3. The average Bonchev–Trinajstić information content (AvgIpc) is 2.75. The molecule has 18 heavy (non-hydrogen) atoms. The van der Waals surface area contributed by atoms with E-state index in [0.29, 0.717) is 10.7 Å². The van der Waals surface area contributed by atoms with E-state index in [-0.39, 0.29) is 0 Å². The summed E-state index contributed by atoms with van der Waals surface area (Å²) in [5.74, 6) is 0.732. The Balaban J connectivity index is 2.24. The van der Waals surface area contributed by atoms with Gasteiger partial charge in [-0.2, -0.15) is 0 Å². The SMILES string of the molecule is Nc1ccc2nnc(-c3ccc(I)c(Cl)c3)n2c1. The zero-order valence-electron chi connectivity index (χ0n) is 9.14. The highest BCUT2D eigenvalue weighted by Gasteiger charge is 2.09. The van der Waals surface area contributed by atoms with Crippen molar-refractivity contribution >= 4 is 45.5 Å². The van der Waals surface area contributed by atoms with Gasteiger partial charge in [0.2, 0.25) is 0 Å². The number of nitrogen functional groups attached to an aromatic ring is 1. The molecular weight excluding hydrogens is 363 g/mol. The van der Waals surface area contributed by atoms with Gasteiger partial charge in [-0.3, -0.25) is 4.40 Å². The molecule has 0 aliphatic heterocycles. The van der Waals surface area contributed by atoms with Crippen LogP contribution in [0.1, 0.15) is 0 Å². The zero-order chi connectivity index (χ0) is 12.7. The number of hydrogen-bond donors (Lipinski definition) is 1. The van der Waals surface area contributed by atoms with Gasteiger partial charge in [0.05, 0.1) is 5.02 Å². The molecule has 0 atom stereocenters. The van der Waals surface area contributed by atoms with Gasteiger partial charge in [-0.05, 0) is 46.9 Å². The highest BCUT2D eigenvalue weighted by atomic mass is 127. The Bertz CT molecular complexity index is 738. The molecule has 90 valence electrons. The molecule has 2 aromatic heterocycles. The van der Waals surface area contributed by atoms with Crippen LogP contribution in [0.15, 0.2) is 36.5 Å². The molecule has 3 rings (SSSR count). The second kappa shape index (κ2) is 4.40. The van der Waals surface area contributed by atoms with Crippen LogP contribution in [0.4, 0.5) is 5.69 Å². The fourth-order valence-corrected chi connectivity index (χ4v) is 2.26. The normalized spacial score (nSPS) is 11.0. The molecule has 0 aliphatic carbocycles. The smallest absolute Gasteiger partial charge is 0.168 e. The lowest BCUT2D eigenvalue weighted by Crippen LogP contribution is -1.93. The Morgan fingerprint density at radius 1 is 1.17 bits per heavy atom. The van der Waals surface area contributed by atoms with Crippen molar-refractivity contribution in [1.82, 2.24) is 14.6 Å². The Morgan fingerprint density at radius 2 is 2.00 bits per heavy atom. The molecule has 0 saturated carbocycles. The van der Waals surface area contributed by atoms with E-state index in [9.17, 15) is 0 Å². The Hall–Kier alpha value is -1.34. The maximum Gasteiger partial charge on any atom is 0.168 e. The Morgan fingerprint density at radius 3 is 2.78 bits per heavy atom. The van der Waals surface area contributed by atoms with Gasteiger partial charge in [0.25, 0.3) is 0 Å². The fourth-order valence-electron chi connectivity index (χ4n) is 1.74. The van der Waals surface area contributed by atoms with E-state index in [4.69, 9.17) is 17.3 Å². The average molecular weight is 371 g/mol. The molecule has 6 heteroatoms. The van der Waals surface area contributed by atoms with Gasteiger partial charge in [0, 0.05) is 21.0 Å². The summed E-state index contributed by atoms with van der Waals surface area (Å²) in [7, 11) is 0. The van der Waals surface area contributed by atoms with Crippen LogP contribution in [0.2, 0.25) is 5.02 Å². The number of pyridine rings is 1. The largest absolute Gasteiger partial charge is 0.398 e. The summed E-state index contributed by atoms with van der Waals surface area (Å²) in [5.41, 5.74) is 8.12. The van der Waals surface area contributed by atoms with Crippen LogP contribution in [0, 0.1) is 3.57 Å². The van der Waals surface area contributed by atoms with Crippen LogP contribution in [0.3, 0.4) is 0 Å². The molecule has 0 fully saturated rings. The third kappa shape index (κ3) is 1.93. The van der Waals surface area contributed by atoms with Gasteiger partial charge in [0.15, 0.2) is 11.5 Å². The van der Waals surface area contributed by atoms with Crippen LogP contribution in [0.25, 0.3) is 17.0 Å². The van der Waals surface area contributed by atoms with Gasteiger partial charge < -0.3 is 5.73 Å². The quantitative estimate of drug-likeness (QED) is 0.669. The first-order valence-electron chi connectivity index (χ1n) is 5.21. The molecule has 1 aromatic carbocycles. The Kier molecular flexibility index (Phi) is 2.87. The summed E-state index contributed by atoms with van der Waals surface area (Å²) < 4.78 is 2.86. The molecule has 0 amide bonds. The molecule has 0 unspecified atom stereocenters. The number of rotatable bonds is 1. The van der Waals surface area contributed by atoms with Gasteiger partial charge in [-0.25, -0.2) is 0 Å². The van der Waals surface area contributed by atoms with Crippen LogP contribution >= 0.6 is 34.2 Å². The highest BCUT2D eigenvalue weighted by molar-refractivity contribution is 14.1. The second-order valence-corrected chi connectivity index (χ2v) is 5.41. The maximum atomic E-state index is 6.12. The first kappa shape index (κ1) is 11.7. The van der Waals surface area contributed by atoms with Crippen molar-refractivity contribution in [2.24, 2.45) is 0 Å². The Labute approximate surface area is 122 Å². The number of halogens is 2. The van der Waals surface area contributed by atoms with Crippen molar-refractivity contribution in [3.05, 3.63) is 45.1 Å². The van der Waals surface area contributed by atoms with Crippen LogP contribution in [-0.2, 0) is 0 Å². The number of anilines is 1. The summed E-state index contributed by atoms with van der Waals surface area (Å²) >= 11 is 8.31. The van der Waals surface area contributed by atoms with E-state index in [1.165, 1.54) is 0 Å². The van der Waals surface area contributed by atoms with Crippen LogP contribution < -0.4 is 5.73 Å². The van der Waals surface area contributed by atoms with Gasteiger partial charge in [0.1, 0.15) is 0 Å². The number of fused-ring (bicyclic) bond motifs is 1. The van der Waals surface area contributed by atoms with Crippen molar-refractivity contribution in [3.63, 3.8) is 0 Å². The first-order chi connectivity index (χ1) is 8.65. The molecule has 0 aliphatic rings. The summed E-state index contributed by atoms with van der Waals surface area (Å²) in [6.45, 7) is 0. The monoisotopic (exact) mass is 370 g/mol. The van der Waals surface area contributed by atoms with Crippen LogP contribution in [-0.4, -0.2) is 14.6 Å². The summed E-state index contributed by atoms with van der Waals surface area (Å²) in [5, 5.41) is 8.98. The van der Waals surface area contributed by atoms with Gasteiger partial charge >= 0.3 is 0 Å². The van der Waals surface area contributed by atoms with Crippen LogP contribution in [0.5, 0.6) is 0 Å². The topological polar surface area (TPSA) is 56.2 Å². The molecule has 2 N–H and O–H groups in total. The van der Waals surface area contributed by atoms with E-state index in [2.05, 4.69) is 32.8 Å². The minimum atomic E-state index is 0.667. The highest BCUT2D eigenvalue weighted by Crippen LogP contribution is 2.26. The molecule has 2 heterocycles. The number of nitrogens with two attached hydrogens (primary N) is 1. The maximum absolute atomic E-state index is 6.12. The first-order valence-corrected chi connectivity index (χ1v) is 6.66. The molecular formula is C12H8ClIN4. The number of benzene rings is 1. The van der Waals surface area contributed by atoms with Crippen molar-refractivity contribution in [3.8, 4) is 11.4 Å². The lowest BCUT2D eigenvalue weighted by atomic mass is 10.2. The molecule has 0 saturated heterocycles. The van der Waals surface area contributed by atoms with E-state index in [0.717, 1.165) is 20.6 Å². The number of aromatic nitrogens is 3. The van der Waals surface area contributed by atoms with E-state index in [1.807, 2.05) is 28.7 Å². The lowest BCUT2D eigenvalue weighted by molar-refractivity contribution is 1.11. The molecule has 4 nitrogen and oxygen atoms in total. The standard InChI is InChI=1S/C12H8ClIN4/c13-9-5-7(1-3-10(9)14)12-17-16-11-4-2-8(15)6-18(11)12/h1-6H,15H2. The summed E-state index contributed by atoms with van der Waals surface area (Å²) in [4.78, 5) is 0. The number of hydrogen-bond acceptors (Lipinski definition) is 3. The van der Waals surface area contributed by atoms with Gasteiger partial charge in [-0.1, -0.05) is 17.7 Å². The lowest BCUT2D eigenvalue weighted by Gasteiger charge is -2.02. The predicted octanol–water partition coefficient (Wildman–Crippen LogP) is 3.24. The summed E-state index contributed by atoms with van der Waals surface area (Å²) in [6, 6.07) is 9.43. The van der Waals surface area contributed by atoms with Gasteiger partial charge in [-0.15, -0.1) is 10.2 Å². The van der Waals surface area contributed by atoms with Crippen molar-refractivity contribution < 1.29 is 0 Å². The van der Waals surface area contributed by atoms with Crippen molar-refractivity contribution in [2.45, 2.75) is 0 Å². The van der Waals surface area contributed by atoms with Crippen molar-refractivity contribution in [2.75, 3.05) is 5.73 Å². The second-order valence-electron chi connectivity index (χ2n) is 3.84. The molecule has 0 radical (unpaired) electrons. The van der Waals surface area contributed by atoms with E-state index in [1.54, 1.807) is 12.3 Å².